The number of aryl methyl sites for hydroxylation is 1. The number of phenols is 1. The van der Waals surface area contributed by atoms with Crippen LogP contribution in [0.2, 0.25) is 0 Å². The molecule has 5 rings (SSSR count). The van der Waals surface area contributed by atoms with Crippen molar-refractivity contribution in [3.63, 3.8) is 0 Å². The van der Waals surface area contributed by atoms with Crippen molar-refractivity contribution in [2.75, 3.05) is 44.3 Å². The van der Waals surface area contributed by atoms with Gasteiger partial charge in [-0.25, -0.2) is 9.97 Å². The van der Waals surface area contributed by atoms with Crippen LogP contribution in [-0.4, -0.2) is 65.2 Å². The predicted molar refractivity (Wildman–Crippen MR) is 123 cm³/mol. The van der Waals surface area contributed by atoms with Gasteiger partial charge in [0, 0.05) is 23.5 Å². The molecular formula is C23H28N4O3S. The van der Waals surface area contributed by atoms with Gasteiger partial charge in [0.2, 0.25) is 0 Å². The van der Waals surface area contributed by atoms with E-state index in [9.17, 15) is 10.2 Å². The molecule has 0 aliphatic carbocycles. The Morgan fingerprint density at radius 1 is 1.13 bits per heavy atom. The zero-order valence-electron chi connectivity index (χ0n) is 17.5. The Labute approximate surface area is 185 Å². The van der Waals surface area contributed by atoms with Crippen molar-refractivity contribution in [2.24, 2.45) is 0 Å². The second-order valence-electron chi connectivity index (χ2n) is 8.42. The van der Waals surface area contributed by atoms with E-state index in [1.54, 1.807) is 23.5 Å². The third-order valence-corrected chi connectivity index (χ3v) is 7.37. The molecule has 3 aromatic rings. The molecule has 0 bridgehead atoms. The number of morpholine rings is 1. The molecule has 31 heavy (non-hydrogen) atoms. The molecule has 0 amide bonds. The number of nitrogens with one attached hydrogen (secondary N) is 1. The van der Waals surface area contributed by atoms with Gasteiger partial charge in [-0.2, -0.15) is 0 Å². The Morgan fingerprint density at radius 3 is 2.71 bits per heavy atom. The second-order valence-corrected chi connectivity index (χ2v) is 9.56. The lowest BCUT2D eigenvalue weighted by Crippen LogP contribution is -2.42. The average Bonchev–Trinajstić information content (AvgIpc) is 3.21. The molecule has 3 N–H and O–H groups in total. The molecule has 0 radical (unpaired) electrons. The van der Waals surface area contributed by atoms with Gasteiger partial charge in [0.15, 0.2) is 11.6 Å². The van der Waals surface area contributed by atoms with Gasteiger partial charge < -0.3 is 25.2 Å². The number of hydrogen-bond acceptors (Lipinski definition) is 8. The lowest BCUT2D eigenvalue weighted by Gasteiger charge is -2.32. The quantitative estimate of drug-likeness (QED) is 0.562. The molecule has 0 saturated carbocycles. The van der Waals surface area contributed by atoms with Crippen LogP contribution >= 0.6 is 11.3 Å². The number of ether oxygens (including phenoxy) is 1. The maximum absolute atomic E-state index is 10.9. The fourth-order valence-electron chi connectivity index (χ4n) is 4.35. The molecule has 8 heteroatoms. The van der Waals surface area contributed by atoms with Crippen LogP contribution < -0.4 is 10.2 Å². The molecule has 2 fully saturated rings. The minimum atomic E-state index is -0.577. The third kappa shape index (κ3) is 4.52. The number of aromatic hydroxyl groups is 1. The third-order valence-electron chi connectivity index (χ3n) is 6.19. The van der Waals surface area contributed by atoms with Gasteiger partial charge in [-0.3, -0.25) is 0 Å². The summed E-state index contributed by atoms with van der Waals surface area (Å²) in [5.41, 5.74) is 1.15. The summed E-state index contributed by atoms with van der Waals surface area (Å²) in [6.45, 7) is 4.72. The van der Waals surface area contributed by atoms with Crippen LogP contribution in [0.15, 0.2) is 30.3 Å². The number of benzene rings is 1. The highest BCUT2D eigenvalue weighted by atomic mass is 32.1. The molecule has 0 unspecified atom stereocenters. The predicted octanol–water partition coefficient (Wildman–Crippen LogP) is 2.95. The SMILES string of the molecule is Oc1cccc(-c2nc(N3CCOCC3)c3sc(CCC4(O)CCNCC4)cc3n2)c1. The van der Waals surface area contributed by atoms with E-state index >= 15 is 0 Å². The maximum atomic E-state index is 10.9. The van der Waals surface area contributed by atoms with Crippen LogP contribution in [0.5, 0.6) is 5.75 Å². The molecule has 4 heterocycles. The Morgan fingerprint density at radius 2 is 1.94 bits per heavy atom. The number of anilines is 1. The van der Waals surface area contributed by atoms with Crippen LogP contribution in [0.25, 0.3) is 21.6 Å². The highest BCUT2D eigenvalue weighted by Gasteiger charge is 2.29. The normalized spacial score (nSPS) is 19.1. The Balaban J connectivity index is 1.50. The number of nitrogens with zero attached hydrogens (tertiary/aromatic N) is 3. The van der Waals surface area contributed by atoms with Crippen LogP contribution in [-0.2, 0) is 11.2 Å². The van der Waals surface area contributed by atoms with Gasteiger partial charge in [0.1, 0.15) is 5.75 Å². The number of thiophene rings is 1. The van der Waals surface area contributed by atoms with Crippen molar-refractivity contribution in [3.05, 3.63) is 35.2 Å². The van der Waals surface area contributed by atoms with Crippen molar-refractivity contribution in [1.82, 2.24) is 15.3 Å². The average molecular weight is 441 g/mol. The summed E-state index contributed by atoms with van der Waals surface area (Å²) in [6, 6.07) is 9.22. The molecular weight excluding hydrogens is 412 g/mol. The molecule has 164 valence electrons. The van der Waals surface area contributed by atoms with E-state index in [0.717, 1.165) is 73.5 Å². The van der Waals surface area contributed by atoms with Crippen molar-refractivity contribution in [1.29, 1.82) is 0 Å². The van der Waals surface area contributed by atoms with Crippen molar-refractivity contribution in [3.8, 4) is 17.1 Å². The molecule has 0 atom stereocenters. The standard InChI is InChI=1S/C23H28N4O3S/c28-17-3-1-2-16(14-17)21-25-19-15-18(4-5-23(29)6-8-24-9-7-23)31-20(19)22(26-21)27-10-12-30-13-11-27/h1-3,14-15,24,28-29H,4-13H2. The molecule has 2 aliphatic heterocycles. The van der Waals surface area contributed by atoms with Gasteiger partial charge in [-0.1, -0.05) is 12.1 Å². The number of rotatable bonds is 5. The van der Waals surface area contributed by atoms with Crippen molar-refractivity contribution >= 4 is 27.4 Å². The smallest absolute Gasteiger partial charge is 0.162 e. The van der Waals surface area contributed by atoms with Gasteiger partial charge >= 0.3 is 0 Å². The lowest BCUT2D eigenvalue weighted by molar-refractivity contribution is 0.00299. The number of aromatic nitrogens is 2. The molecule has 2 aliphatic rings. The summed E-state index contributed by atoms with van der Waals surface area (Å²) in [5.74, 6) is 1.75. The van der Waals surface area contributed by atoms with E-state index in [2.05, 4.69) is 16.3 Å². The number of piperidine rings is 1. The zero-order valence-corrected chi connectivity index (χ0v) is 18.3. The van der Waals surface area contributed by atoms with E-state index in [1.807, 2.05) is 12.1 Å². The highest BCUT2D eigenvalue weighted by molar-refractivity contribution is 7.19. The van der Waals surface area contributed by atoms with E-state index in [0.29, 0.717) is 19.0 Å². The summed E-state index contributed by atoms with van der Waals surface area (Å²) in [7, 11) is 0. The molecule has 1 aromatic carbocycles. The first kappa shape index (κ1) is 20.6. The number of fused-ring (bicyclic) bond motifs is 1. The lowest BCUT2D eigenvalue weighted by atomic mass is 9.87. The van der Waals surface area contributed by atoms with Gasteiger partial charge in [-0.05, 0) is 57.0 Å². The second kappa shape index (κ2) is 8.70. The summed E-state index contributed by atoms with van der Waals surface area (Å²) in [4.78, 5) is 13.2. The van der Waals surface area contributed by atoms with E-state index < -0.39 is 5.60 Å². The van der Waals surface area contributed by atoms with Crippen LogP contribution in [0, 0.1) is 0 Å². The summed E-state index contributed by atoms with van der Waals surface area (Å²) in [5, 5.41) is 24.1. The first-order valence-corrected chi connectivity index (χ1v) is 11.8. The van der Waals surface area contributed by atoms with E-state index in [1.165, 1.54) is 4.88 Å². The van der Waals surface area contributed by atoms with Crippen molar-refractivity contribution < 1.29 is 14.9 Å². The first-order chi connectivity index (χ1) is 15.1. The van der Waals surface area contributed by atoms with Gasteiger partial charge in [0.25, 0.3) is 0 Å². The Hall–Kier alpha value is -2.26. The van der Waals surface area contributed by atoms with Crippen molar-refractivity contribution in [2.45, 2.75) is 31.3 Å². The fourth-order valence-corrected chi connectivity index (χ4v) is 5.46. The van der Waals surface area contributed by atoms with Crippen LogP contribution in [0.3, 0.4) is 0 Å². The molecule has 2 aromatic heterocycles. The summed E-state index contributed by atoms with van der Waals surface area (Å²) in [6.07, 6.45) is 3.21. The first-order valence-electron chi connectivity index (χ1n) is 11.0. The van der Waals surface area contributed by atoms with Crippen LogP contribution in [0.4, 0.5) is 5.82 Å². The summed E-state index contributed by atoms with van der Waals surface area (Å²) >= 11 is 1.73. The number of phenolic OH excluding ortho intramolecular Hbond substituents is 1. The van der Waals surface area contributed by atoms with Gasteiger partial charge in [-0.15, -0.1) is 11.3 Å². The minimum absolute atomic E-state index is 0.204. The molecule has 7 nitrogen and oxygen atoms in total. The Kier molecular flexibility index (Phi) is 5.79. The highest BCUT2D eigenvalue weighted by Crippen LogP contribution is 2.36. The fraction of sp³-hybridized carbons (Fsp3) is 0.478. The largest absolute Gasteiger partial charge is 0.508 e. The number of aliphatic hydroxyl groups is 1. The minimum Gasteiger partial charge on any atom is -0.508 e. The van der Waals surface area contributed by atoms with E-state index in [4.69, 9.17) is 14.7 Å². The topological polar surface area (TPSA) is 90.7 Å². The molecule has 2 saturated heterocycles. The van der Waals surface area contributed by atoms with Gasteiger partial charge in [0.05, 0.1) is 29.0 Å². The maximum Gasteiger partial charge on any atom is 0.162 e. The Bertz CT molecular complexity index is 1060. The van der Waals surface area contributed by atoms with Crippen LogP contribution in [0.1, 0.15) is 24.1 Å². The summed E-state index contributed by atoms with van der Waals surface area (Å²) < 4.78 is 6.62. The molecule has 0 spiro atoms. The number of hydrogen-bond donors (Lipinski definition) is 3. The monoisotopic (exact) mass is 440 g/mol. The zero-order chi connectivity index (χ0) is 21.3. The van der Waals surface area contributed by atoms with E-state index in [-0.39, 0.29) is 5.75 Å².